The third kappa shape index (κ3) is 4.28. The maximum absolute atomic E-state index is 12.7. The molecule has 1 saturated heterocycles. The molecule has 1 amide bonds. The van der Waals surface area contributed by atoms with E-state index in [1.807, 2.05) is 29.2 Å². The summed E-state index contributed by atoms with van der Waals surface area (Å²) in [6.45, 7) is 4.89. The van der Waals surface area contributed by atoms with Gasteiger partial charge in [-0.3, -0.25) is 9.69 Å². The maximum Gasteiger partial charge on any atom is 0.253 e. The van der Waals surface area contributed by atoms with Crippen LogP contribution in [0.15, 0.2) is 59.0 Å². The van der Waals surface area contributed by atoms with Crippen LogP contribution in [0.4, 0.5) is 5.13 Å². The number of piperazine rings is 1. The molecular formula is C19H20BrN5OS. The van der Waals surface area contributed by atoms with Crippen LogP contribution < -0.4 is 4.90 Å². The van der Waals surface area contributed by atoms with Crippen molar-refractivity contribution < 1.29 is 4.79 Å². The number of halogens is 1. The molecule has 3 heterocycles. The molecule has 0 unspecified atom stereocenters. The summed E-state index contributed by atoms with van der Waals surface area (Å²) in [6, 6.07) is 7.59. The van der Waals surface area contributed by atoms with E-state index in [-0.39, 0.29) is 5.91 Å². The van der Waals surface area contributed by atoms with Gasteiger partial charge in [-0.1, -0.05) is 34.1 Å². The van der Waals surface area contributed by atoms with Crippen LogP contribution in [0.2, 0.25) is 0 Å². The van der Waals surface area contributed by atoms with Crippen LogP contribution in [-0.2, 0) is 0 Å². The quantitative estimate of drug-likeness (QED) is 0.723. The topological polar surface area (TPSA) is 52.6 Å². The first kappa shape index (κ1) is 18.3. The lowest BCUT2D eigenvalue weighted by Crippen LogP contribution is -2.50. The number of amides is 1. The number of hydrogen-bond acceptors (Lipinski definition) is 6. The molecule has 140 valence electrons. The van der Waals surface area contributed by atoms with Crippen molar-refractivity contribution in [3.05, 3.63) is 64.6 Å². The van der Waals surface area contributed by atoms with Crippen LogP contribution in [0.1, 0.15) is 10.4 Å². The second kappa shape index (κ2) is 8.33. The average Bonchev–Trinajstić information content (AvgIpc) is 3.23. The van der Waals surface area contributed by atoms with E-state index in [1.54, 1.807) is 6.33 Å². The Hall–Kier alpha value is -2.03. The van der Waals surface area contributed by atoms with E-state index in [0.29, 0.717) is 0 Å². The summed E-state index contributed by atoms with van der Waals surface area (Å²) >= 11 is 4.85. The van der Waals surface area contributed by atoms with Gasteiger partial charge >= 0.3 is 0 Å². The molecule has 0 saturated carbocycles. The highest BCUT2D eigenvalue weighted by Crippen LogP contribution is 2.23. The summed E-state index contributed by atoms with van der Waals surface area (Å²) in [5.74, 6) is 0.103. The van der Waals surface area contributed by atoms with E-state index in [9.17, 15) is 4.79 Å². The van der Waals surface area contributed by atoms with Crippen LogP contribution in [0.25, 0.3) is 0 Å². The van der Waals surface area contributed by atoms with Crippen LogP contribution in [0.5, 0.6) is 0 Å². The van der Waals surface area contributed by atoms with Crippen molar-refractivity contribution in [2.75, 3.05) is 44.2 Å². The molecular weight excluding hydrogens is 426 g/mol. The molecule has 0 bridgehead atoms. The Kier molecular flexibility index (Phi) is 5.66. The number of nitrogens with zero attached hydrogens (tertiary/aromatic N) is 5. The maximum atomic E-state index is 12.7. The summed E-state index contributed by atoms with van der Waals surface area (Å²) < 4.78 is 5.05. The highest BCUT2D eigenvalue weighted by atomic mass is 79.9. The molecule has 4 rings (SSSR count). The molecule has 0 radical (unpaired) electrons. The van der Waals surface area contributed by atoms with E-state index >= 15 is 0 Å². The van der Waals surface area contributed by atoms with E-state index in [2.05, 4.69) is 53.3 Å². The number of hydrogen-bond donors (Lipinski definition) is 0. The Balaban J connectivity index is 1.36. The monoisotopic (exact) mass is 445 g/mol. The Morgan fingerprint density at radius 1 is 1.22 bits per heavy atom. The van der Waals surface area contributed by atoms with Crippen molar-refractivity contribution in [1.29, 1.82) is 0 Å². The van der Waals surface area contributed by atoms with E-state index in [0.717, 1.165) is 54.4 Å². The molecule has 1 fully saturated rings. The van der Waals surface area contributed by atoms with E-state index in [4.69, 9.17) is 0 Å². The lowest BCUT2D eigenvalue weighted by atomic mass is 10.1. The second-order valence-corrected chi connectivity index (χ2v) is 8.17. The second-order valence-electron chi connectivity index (χ2n) is 6.50. The Labute approximate surface area is 171 Å². The van der Waals surface area contributed by atoms with Gasteiger partial charge in [-0.2, -0.15) is 4.37 Å². The number of carbonyl (C=O) groups excluding carboxylic acids is 1. The average molecular weight is 446 g/mol. The molecule has 1 aromatic carbocycles. The summed E-state index contributed by atoms with van der Waals surface area (Å²) in [5, 5.41) is 0.925. The smallest absolute Gasteiger partial charge is 0.253 e. The van der Waals surface area contributed by atoms with Gasteiger partial charge in [-0.25, -0.2) is 4.98 Å². The lowest BCUT2D eigenvalue weighted by Gasteiger charge is -2.37. The fourth-order valence-corrected chi connectivity index (χ4v) is 4.29. The summed E-state index contributed by atoms with van der Waals surface area (Å²) in [7, 11) is 0. The lowest BCUT2D eigenvalue weighted by molar-refractivity contribution is 0.0647. The van der Waals surface area contributed by atoms with Gasteiger partial charge in [0.1, 0.15) is 6.33 Å². The van der Waals surface area contributed by atoms with E-state index in [1.165, 1.54) is 17.2 Å². The van der Waals surface area contributed by atoms with Gasteiger partial charge < -0.3 is 9.80 Å². The van der Waals surface area contributed by atoms with Gasteiger partial charge in [-0.15, -0.1) is 0 Å². The van der Waals surface area contributed by atoms with Crippen LogP contribution in [0, 0.1) is 0 Å². The number of rotatable bonds is 4. The van der Waals surface area contributed by atoms with Crippen molar-refractivity contribution in [2.24, 2.45) is 0 Å². The minimum atomic E-state index is 0.103. The Morgan fingerprint density at radius 2 is 2.07 bits per heavy atom. The van der Waals surface area contributed by atoms with Gasteiger partial charge in [0.15, 0.2) is 0 Å². The Bertz CT molecular complexity index is 859. The number of anilines is 1. The molecule has 0 aliphatic carbocycles. The zero-order valence-electron chi connectivity index (χ0n) is 14.8. The van der Waals surface area contributed by atoms with Crippen LogP contribution in [0.3, 0.4) is 0 Å². The van der Waals surface area contributed by atoms with E-state index < -0.39 is 0 Å². The first-order chi connectivity index (χ1) is 13.2. The van der Waals surface area contributed by atoms with Crippen molar-refractivity contribution in [2.45, 2.75) is 0 Å². The standard InChI is InChI=1S/C19H20BrN5OS/c20-16-5-3-4-15(12-16)18(26)24-10-8-23(9-11-24)13-17-6-1-2-7-25(17)19-21-14-22-27-19/h1-6,12,14H,7-11,13H2. The van der Waals surface area contributed by atoms with Gasteiger partial charge in [0.2, 0.25) is 5.13 Å². The summed E-state index contributed by atoms with van der Waals surface area (Å²) in [6.07, 6.45) is 7.96. The minimum Gasteiger partial charge on any atom is -0.336 e. The summed E-state index contributed by atoms with van der Waals surface area (Å²) in [4.78, 5) is 23.6. The molecule has 27 heavy (non-hydrogen) atoms. The molecule has 0 N–H and O–H groups in total. The normalized spacial score (nSPS) is 17.9. The molecule has 0 atom stereocenters. The van der Waals surface area contributed by atoms with Gasteiger partial charge in [-0.05, 0) is 24.3 Å². The number of carbonyl (C=O) groups is 1. The molecule has 8 heteroatoms. The Morgan fingerprint density at radius 3 is 2.81 bits per heavy atom. The van der Waals surface area contributed by atoms with Gasteiger partial charge in [0.25, 0.3) is 5.91 Å². The minimum absolute atomic E-state index is 0.103. The molecule has 2 aliphatic rings. The number of allylic oxidation sites excluding steroid dienone is 2. The fraction of sp³-hybridized carbons (Fsp3) is 0.316. The highest BCUT2D eigenvalue weighted by molar-refractivity contribution is 9.10. The zero-order chi connectivity index (χ0) is 18.6. The number of aromatic nitrogens is 2. The largest absolute Gasteiger partial charge is 0.336 e. The van der Waals surface area contributed by atoms with Crippen LogP contribution in [-0.4, -0.2) is 64.3 Å². The number of benzene rings is 1. The fourth-order valence-electron chi connectivity index (χ4n) is 3.32. The SMILES string of the molecule is O=C(c1cccc(Br)c1)N1CCN(CC2=CC=CCN2c2ncns2)CC1. The van der Waals surface area contributed by atoms with Gasteiger partial charge in [0.05, 0.1) is 0 Å². The molecule has 6 nitrogen and oxygen atoms in total. The predicted molar refractivity (Wildman–Crippen MR) is 111 cm³/mol. The molecule has 0 spiro atoms. The molecule has 1 aromatic heterocycles. The third-order valence-electron chi connectivity index (χ3n) is 4.76. The van der Waals surface area contributed by atoms with Gasteiger partial charge in [0, 0.05) is 66.5 Å². The zero-order valence-corrected chi connectivity index (χ0v) is 17.2. The van der Waals surface area contributed by atoms with Crippen molar-refractivity contribution in [3.8, 4) is 0 Å². The van der Waals surface area contributed by atoms with Crippen LogP contribution >= 0.6 is 27.5 Å². The third-order valence-corrected chi connectivity index (χ3v) is 5.94. The highest BCUT2D eigenvalue weighted by Gasteiger charge is 2.24. The first-order valence-electron chi connectivity index (χ1n) is 8.88. The van der Waals surface area contributed by atoms with Crippen molar-refractivity contribution >= 4 is 38.5 Å². The van der Waals surface area contributed by atoms with Crippen molar-refractivity contribution in [3.63, 3.8) is 0 Å². The van der Waals surface area contributed by atoms with Crippen molar-refractivity contribution in [1.82, 2.24) is 19.2 Å². The summed E-state index contributed by atoms with van der Waals surface area (Å²) in [5.41, 5.74) is 1.96. The molecule has 2 aromatic rings. The predicted octanol–water partition coefficient (Wildman–Crippen LogP) is 3.02. The molecule has 2 aliphatic heterocycles. The first-order valence-corrected chi connectivity index (χ1v) is 10.4.